The molecule has 2 N–H and O–H groups in total. The van der Waals surface area contributed by atoms with Crippen LogP contribution in [-0.2, 0) is 4.79 Å². The van der Waals surface area contributed by atoms with Gasteiger partial charge in [0.25, 0.3) is 5.69 Å². The number of nitrogens with zero attached hydrogens (tertiary/aromatic N) is 1. The van der Waals surface area contributed by atoms with E-state index in [1.54, 1.807) is 30.3 Å². The van der Waals surface area contributed by atoms with Crippen molar-refractivity contribution in [1.29, 1.82) is 0 Å². The molecule has 0 aliphatic rings. The summed E-state index contributed by atoms with van der Waals surface area (Å²) in [5.74, 6) is -3.26. The van der Waals surface area contributed by atoms with Crippen LogP contribution in [0.5, 0.6) is 0 Å². The van der Waals surface area contributed by atoms with E-state index >= 15 is 0 Å². The van der Waals surface area contributed by atoms with E-state index in [9.17, 15) is 29.6 Å². The van der Waals surface area contributed by atoms with Gasteiger partial charge >= 0.3 is 11.9 Å². The smallest absolute Gasteiger partial charge is 0.336 e. The summed E-state index contributed by atoms with van der Waals surface area (Å²) >= 11 is 6.18. The first-order chi connectivity index (χ1) is 12.3. The van der Waals surface area contributed by atoms with Crippen molar-refractivity contribution in [2.75, 3.05) is 0 Å². The Morgan fingerprint density at radius 2 is 1.54 bits per heavy atom. The van der Waals surface area contributed by atoms with Crippen molar-refractivity contribution >= 4 is 46.1 Å². The van der Waals surface area contributed by atoms with Crippen LogP contribution in [0.2, 0.25) is 0 Å². The number of halogens is 1. The lowest BCUT2D eigenvalue weighted by Gasteiger charge is -2.10. The summed E-state index contributed by atoms with van der Waals surface area (Å²) in [4.78, 5) is 44.5. The molecular formula is C17H10ClNO7. The second-order valence-corrected chi connectivity index (χ2v) is 5.37. The molecule has 0 atom stereocenters. The SMILES string of the molecule is O=C/C(=C(/Cl)c1ccccc1)c1cc(C(=O)O)c(C(=O)O)cc1[N+](=O)[O-]. The first kappa shape index (κ1) is 18.8. The lowest BCUT2D eigenvalue weighted by molar-refractivity contribution is -0.385. The van der Waals surface area contributed by atoms with E-state index in [1.165, 1.54) is 0 Å². The van der Waals surface area contributed by atoms with E-state index in [0.29, 0.717) is 11.6 Å². The molecule has 0 aliphatic carbocycles. The molecule has 0 amide bonds. The minimum atomic E-state index is -1.65. The average Bonchev–Trinajstić information content (AvgIpc) is 2.62. The Hall–Kier alpha value is -3.52. The van der Waals surface area contributed by atoms with Gasteiger partial charge in [0.1, 0.15) is 0 Å². The molecule has 0 saturated carbocycles. The second kappa shape index (κ2) is 7.58. The van der Waals surface area contributed by atoms with Crippen molar-refractivity contribution in [2.45, 2.75) is 0 Å². The molecule has 26 heavy (non-hydrogen) atoms. The van der Waals surface area contributed by atoms with Crippen LogP contribution in [0.25, 0.3) is 10.6 Å². The van der Waals surface area contributed by atoms with E-state index in [-0.39, 0.29) is 22.5 Å². The molecule has 2 aromatic carbocycles. The minimum absolute atomic E-state index is 0.136. The summed E-state index contributed by atoms with van der Waals surface area (Å²) in [5.41, 5.74) is -2.55. The Morgan fingerprint density at radius 3 is 2.00 bits per heavy atom. The lowest BCUT2D eigenvalue weighted by Crippen LogP contribution is -2.11. The molecule has 0 unspecified atom stereocenters. The Balaban J connectivity index is 2.87. The zero-order valence-corrected chi connectivity index (χ0v) is 13.6. The molecule has 0 aliphatic heterocycles. The van der Waals surface area contributed by atoms with Gasteiger partial charge in [0.15, 0.2) is 6.29 Å². The monoisotopic (exact) mass is 375 g/mol. The molecule has 0 fully saturated rings. The summed E-state index contributed by atoms with van der Waals surface area (Å²) < 4.78 is 0. The Morgan fingerprint density at radius 1 is 1.00 bits per heavy atom. The topological polar surface area (TPSA) is 135 Å². The Kier molecular flexibility index (Phi) is 5.48. The Labute approximate surface area is 151 Å². The fraction of sp³-hybridized carbons (Fsp3) is 0. The predicted octanol–water partition coefficient (Wildman–Crippen LogP) is 3.30. The van der Waals surface area contributed by atoms with Crippen molar-refractivity contribution in [2.24, 2.45) is 0 Å². The van der Waals surface area contributed by atoms with E-state index in [1.807, 2.05) is 0 Å². The van der Waals surface area contributed by atoms with Gasteiger partial charge in [0.2, 0.25) is 0 Å². The fourth-order valence-corrected chi connectivity index (χ4v) is 2.55. The molecule has 0 aromatic heterocycles. The number of rotatable bonds is 6. The van der Waals surface area contributed by atoms with Crippen LogP contribution in [0.3, 0.4) is 0 Å². The summed E-state index contributed by atoms with van der Waals surface area (Å²) in [6.45, 7) is 0. The number of hydrogen-bond donors (Lipinski definition) is 2. The maximum absolute atomic E-state index is 11.6. The molecule has 0 bridgehead atoms. The fourth-order valence-electron chi connectivity index (χ4n) is 2.28. The Bertz CT molecular complexity index is 951. The number of aromatic carboxylic acids is 2. The zero-order chi connectivity index (χ0) is 19.4. The highest BCUT2D eigenvalue weighted by atomic mass is 35.5. The van der Waals surface area contributed by atoms with Gasteiger partial charge in [-0.25, -0.2) is 9.59 Å². The van der Waals surface area contributed by atoms with Crippen LogP contribution >= 0.6 is 11.6 Å². The standard InChI is InChI=1S/C17H10ClNO7/c18-15(9-4-2-1-3-5-9)13(8-20)10-6-11(16(21)22)12(17(23)24)7-14(10)19(25)26/h1-8H,(H,21,22)(H,23,24)/b15-13-. The number of aldehydes is 1. The number of nitro groups is 1. The molecule has 2 aromatic rings. The number of carboxylic acids is 2. The first-order valence-electron chi connectivity index (χ1n) is 6.97. The number of allylic oxidation sites excluding steroid dienone is 1. The molecule has 0 radical (unpaired) electrons. The third-order valence-electron chi connectivity index (χ3n) is 3.47. The third kappa shape index (κ3) is 3.60. The van der Waals surface area contributed by atoms with Crippen molar-refractivity contribution in [3.8, 4) is 0 Å². The van der Waals surface area contributed by atoms with Crippen molar-refractivity contribution in [3.63, 3.8) is 0 Å². The highest BCUT2D eigenvalue weighted by Crippen LogP contribution is 2.35. The highest BCUT2D eigenvalue weighted by Gasteiger charge is 2.27. The van der Waals surface area contributed by atoms with Crippen molar-refractivity contribution in [1.82, 2.24) is 0 Å². The largest absolute Gasteiger partial charge is 0.478 e. The van der Waals surface area contributed by atoms with Gasteiger partial charge in [-0.05, 0) is 11.6 Å². The molecule has 2 rings (SSSR count). The van der Waals surface area contributed by atoms with E-state index in [2.05, 4.69) is 0 Å². The molecule has 0 spiro atoms. The number of carbonyl (C=O) groups excluding carboxylic acids is 1. The minimum Gasteiger partial charge on any atom is -0.478 e. The van der Waals surface area contributed by atoms with Gasteiger partial charge in [0.05, 0.1) is 26.6 Å². The summed E-state index contributed by atoms with van der Waals surface area (Å²) in [6, 6.07) is 9.43. The van der Waals surface area contributed by atoms with Crippen LogP contribution in [0.15, 0.2) is 42.5 Å². The van der Waals surface area contributed by atoms with Crippen molar-refractivity contribution in [3.05, 3.63) is 74.8 Å². The zero-order valence-electron chi connectivity index (χ0n) is 12.9. The third-order valence-corrected chi connectivity index (χ3v) is 3.89. The predicted molar refractivity (Wildman–Crippen MR) is 92.2 cm³/mol. The molecule has 132 valence electrons. The summed E-state index contributed by atoms with van der Waals surface area (Å²) in [5, 5.41) is 29.5. The number of nitro benzene ring substituents is 1. The molecule has 8 nitrogen and oxygen atoms in total. The highest BCUT2D eigenvalue weighted by molar-refractivity contribution is 6.56. The van der Waals surface area contributed by atoms with Gasteiger partial charge in [-0.2, -0.15) is 0 Å². The number of carbonyl (C=O) groups is 3. The average molecular weight is 376 g/mol. The van der Waals surface area contributed by atoms with Gasteiger partial charge in [-0.15, -0.1) is 0 Å². The van der Waals surface area contributed by atoms with Gasteiger partial charge in [-0.3, -0.25) is 14.9 Å². The maximum atomic E-state index is 11.6. The van der Waals surface area contributed by atoms with E-state index < -0.39 is 33.7 Å². The molecule has 0 saturated heterocycles. The van der Waals surface area contributed by atoms with Crippen LogP contribution in [0, 0.1) is 10.1 Å². The van der Waals surface area contributed by atoms with Crippen LogP contribution in [0.1, 0.15) is 31.8 Å². The first-order valence-corrected chi connectivity index (χ1v) is 7.35. The summed E-state index contributed by atoms with van der Waals surface area (Å²) in [7, 11) is 0. The molecule has 9 heteroatoms. The van der Waals surface area contributed by atoms with Crippen molar-refractivity contribution < 1.29 is 29.5 Å². The van der Waals surface area contributed by atoms with Gasteiger partial charge in [-0.1, -0.05) is 41.9 Å². The summed E-state index contributed by atoms with van der Waals surface area (Å²) in [6.07, 6.45) is 0.254. The van der Waals surface area contributed by atoms with E-state index in [4.69, 9.17) is 16.7 Å². The number of benzene rings is 2. The lowest BCUT2D eigenvalue weighted by atomic mass is 9.96. The second-order valence-electron chi connectivity index (χ2n) is 4.99. The van der Waals surface area contributed by atoms with Crippen LogP contribution in [0.4, 0.5) is 5.69 Å². The molecule has 0 heterocycles. The van der Waals surface area contributed by atoms with Gasteiger partial charge in [0, 0.05) is 11.6 Å². The molecular weight excluding hydrogens is 366 g/mol. The van der Waals surface area contributed by atoms with Crippen LogP contribution in [-0.4, -0.2) is 33.4 Å². The quantitative estimate of drug-likeness (QED) is 0.260. The normalized spacial score (nSPS) is 11.4. The number of carboxylic acid groups (broad SMARTS) is 2. The number of hydrogen-bond acceptors (Lipinski definition) is 5. The van der Waals surface area contributed by atoms with Gasteiger partial charge < -0.3 is 10.2 Å². The maximum Gasteiger partial charge on any atom is 0.336 e. The van der Waals surface area contributed by atoms with Crippen LogP contribution < -0.4 is 0 Å². The van der Waals surface area contributed by atoms with E-state index in [0.717, 1.165) is 6.07 Å².